The number of hydrogen-bond donors (Lipinski definition) is 0. The van der Waals surface area contributed by atoms with Gasteiger partial charge in [0, 0.05) is 80.6 Å². The number of pyridine rings is 1. The van der Waals surface area contributed by atoms with Crippen molar-refractivity contribution in [3.63, 3.8) is 0 Å². The number of anilines is 4. The van der Waals surface area contributed by atoms with Gasteiger partial charge in [0.15, 0.2) is 0 Å². The predicted molar refractivity (Wildman–Crippen MR) is 353 cm³/mol. The van der Waals surface area contributed by atoms with E-state index in [1.165, 1.54) is 33.4 Å². The molecule has 14 rings (SSSR count). The summed E-state index contributed by atoms with van der Waals surface area (Å²) in [5, 5.41) is 2.15. The summed E-state index contributed by atoms with van der Waals surface area (Å²) >= 11 is 0. The third-order valence-electron chi connectivity index (χ3n) is 16.9. The molecule has 6 heteroatoms. The molecule has 1 aliphatic carbocycles. The van der Waals surface area contributed by atoms with E-state index in [-0.39, 0.29) is 31.9 Å². The summed E-state index contributed by atoms with van der Waals surface area (Å²) in [6, 6.07) is 89.7. The van der Waals surface area contributed by atoms with Gasteiger partial charge in [0.1, 0.15) is 5.82 Å². The van der Waals surface area contributed by atoms with Gasteiger partial charge in [0.05, 0.1) is 0 Å². The third kappa shape index (κ3) is 9.84. The minimum Gasteiger partial charge on any atom is -0.509 e. The smallest absolute Gasteiger partial charge is 0.135 e. The quantitative estimate of drug-likeness (QED) is 0.128. The van der Waals surface area contributed by atoms with Crippen molar-refractivity contribution in [3.8, 4) is 50.7 Å². The van der Waals surface area contributed by atoms with Gasteiger partial charge in [-0.15, -0.1) is 53.6 Å². The number of ether oxygens (including phenoxy) is 1. The van der Waals surface area contributed by atoms with Crippen LogP contribution in [-0.2, 0) is 43.7 Å². The molecule has 3 heterocycles. The van der Waals surface area contributed by atoms with E-state index < -0.39 is 17.2 Å². The number of benzene rings is 10. The Hall–Kier alpha value is -8.76. The Morgan fingerprint density at radius 3 is 1.69 bits per heavy atom. The summed E-state index contributed by atoms with van der Waals surface area (Å²) < 4.78 is 29.0. The molecule has 0 amide bonds. The summed E-state index contributed by atoms with van der Waals surface area (Å²) in [5.41, 5.74) is 17.6. The molecule has 0 spiro atoms. The Morgan fingerprint density at radius 2 is 1.07 bits per heavy atom. The third-order valence-corrected chi connectivity index (χ3v) is 16.9. The summed E-state index contributed by atoms with van der Waals surface area (Å²) in [6.07, 6.45) is 0.224. The van der Waals surface area contributed by atoms with Crippen molar-refractivity contribution in [1.29, 1.82) is 0 Å². The maximum Gasteiger partial charge on any atom is 0.135 e. The van der Waals surface area contributed by atoms with Gasteiger partial charge in [-0.1, -0.05) is 232 Å². The molecule has 0 radical (unpaired) electrons. The first kappa shape index (κ1) is 53.9. The number of rotatable bonds is 10. The second-order valence-electron chi connectivity index (χ2n) is 25.9. The first-order valence-corrected chi connectivity index (χ1v) is 29.6. The Labute approximate surface area is 524 Å². The van der Waals surface area contributed by atoms with Gasteiger partial charge in [-0.2, -0.15) is 6.07 Å². The van der Waals surface area contributed by atoms with Crippen LogP contribution in [0.2, 0.25) is 0 Å². The van der Waals surface area contributed by atoms with Gasteiger partial charge >= 0.3 is 0 Å². The van der Waals surface area contributed by atoms with Gasteiger partial charge in [0.2, 0.25) is 0 Å². The largest absolute Gasteiger partial charge is 0.509 e. The zero-order valence-electron chi connectivity index (χ0n) is 52.1. The second-order valence-corrected chi connectivity index (χ2v) is 25.9. The van der Waals surface area contributed by atoms with Crippen LogP contribution in [-0.4, -0.2) is 9.55 Å². The number of para-hydroxylation sites is 3. The fourth-order valence-corrected chi connectivity index (χ4v) is 13.0. The molecule has 12 aromatic rings. The van der Waals surface area contributed by atoms with Gasteiger partial charge in [-0.3, -0.25) is 0 Å². The molecular formula is C80H69N4OPt-3. The molecule has 2 aromatic heterocycles. The molecule has 5 nitrogen and oxygen atoms in total. The van der Waals surface area contributed by atoms with Crippen molar-refractivity contribution in [2.45, 2.75) is 84.9 Å². The summed E-state index contributed by atoms with van der Waals surface area (Å²) in [5.74, 6) is 1.88. The molecule has 0 saturated heterocycles. The van der Waals surface area contributed by atoms with E-state index >= 15 is 0 Å². The average Bonchev–Trinajstić information content (AvgIpc) is 1.55. The standard InChI is InChI=1S/C80H69N4O.Pt/c1-77(2,3)51-53-44-67(54-24-12-10-13-25-54)76(68(45-53)55-26-14-11-15-27-55)83-52-82(72-34-22-23-35-73(72)83)60-46-59(80(57-38-36-56(37-39-57)78(4,5)6)69-31-19-16-28-63(69)64-29-17-20-32-70(64)80)47-62(49-60)85-61-40-41-66-65-30-18-21-33-71(65)84(74(66)50-61)75-48-58(42-43-81-75)79(7,8)9;/h10-48,52H,51H2,1-9H3;/q-3;/i51D2;. The van der Waals surface area contributed by atoms with Crippen LogP contribution in [0.4, 0.5) is 22.7 Å². The van der Waals surface area contributed by atoms with E-state index in [4.69, 9.17) is 9.72 Å². The van der Waals surface area contributed by atoms with Crippen LogP contribution in [0.5, 0.6) is 11.5 Å². The monoisotopic (exact) mass is 1300 g/mol. The summed E-state index contributed by atoms with van der Waals surface area (Å²) in [6.45, 7) is 21.6. The van der Waals surface area contributed by atoms with Gasteiger partial charge in [-0.05, 0) is 126 Å². The van der Waals surface area contributed by atoms with E-state index in [0.29, 0.717) is 17.1 Å². The van der Waals surface area contributed by atoms with Gasteiger partial charge in [-0.25, -0.2) is 4.98 Å². The number of nitrogens with zero attached hydrogens (tertiary/aromatic N) is 4. The van der Waals surface area contributed by atoms with Gasteiger partial charge < -0.3 is 19.1 Å². The van der Waals surface area contributed by atoms with Crippen LogP contribution < -0.4 is 14.5 Å². The van der Waals surface area contributed by atoms with E-state index in [1.807, 2.05) is 45.2 Å². The molecular weight excluding hydrogens is 1230 g/mol. The van der Waals surface area contributed by atoms with Crippen molar-refractivity contribution in [1.82, 2.24) is 9.55 Å². The molecule has 0 N–H and O–H groups in total. The molecule has 10 aromatic carbocycles. The van der Waals surface area contributed by atoms with Crippen molar-refractivity contribution in [2.24, 2.45) is 5.41 Å². The zero-order chi connectivity index (χ0) is 60.2. The van der Waals surface area contributed by atoms with Crippen LogP contribution in [0.15, 0.2) is 237 Å². The van der Waals surface area contributed by atoms with Crippen LogP contribution >= 0.6 is 0 Å². The Balaban J connectivity index is 0.00000714. The average molecular weight is 1300 g/mol. The van der Waals surface area contributed by atoms with Crippen LogP contribution in [0, 0.1) is 24.2 Å². The maximum atomic E-state index is 9.73. The number of hydrogen-bond acceptors (Lipinski definition) is 4. The molecule has 0 bridgehead atoms. The Morgan fingerprint density at radius 1 is 0.500 bits per heavy atom. The van der Waals surface area contributed by atoms with Crippen molar-refractivity contribution in [2.75, 3.05) is 9.80 Å². The SMILES string of the molecule is [2H]C([2H])(c1cc(-c2ccccc2)c(N2[CH-]N(c3[c-]c(Oc4[c-]c5c(cc4)c4ccccc4n5-c4cc(C(C)(C)C)ccn4)cc(C4(c5ccc(C(C)(C)C)cc5)c5ccccc5-c5ccccc54)c3)c3ccccc32)c(-c2ccccc2)c1)C(C)(C)C.[Pt]. The van der Waals surface area contributed by atoms with Crippen molar-refractivity contribution in [3.05, 3.63) is 294 Å². The molecule has 0 fully saturated rings. The first-order valence-electron chi connectivity index (χ1n) is 30.6. The molecule has 0 saturated carbocycles. The van der Waals surface area contributed by atoms with Crippen molar-refractivity contribution >= 4 is 44.6 Å². The Bertz CT molecular complexity index is 4520. The summed E-state index contributed by atoms with van der Waals surface area (Å²) in [7, 11) is 0. The van der Waals surface area contributed by atoms with Gasteiger partial charge in [0.25, 0.3) is 0 Å². The van der Waals surface area contributed by atoms with E-state index in [0.717, 1.165) is 83.8 Å². The van der Waals surface area contributed by atoms with Crippen LogP contribution in [0.1, 0.15) is 104 Å². The second kappa shape index (κ2) is 21.6. The molecule has 1 aliphatic heterocycles. The number of aromatic nitrogens is 2. The number of fused-ring (bicyclic) bond motifs is 7. The van der Waals surface area contributed by atoms with Crippen LogP contribution in [0.3, 0.4) is 0 Å². The first-order chi connectivity index (χ1) is 41.8. The molecule has 0 unspecified atom stereocenters. The zero-order valence-corrected chi connectivity index (χ0v) is 52.4. The fraction of sp³-hybridized carbons (Fsp3) is 0.175. The minimum atomic E-state index is -1.68. The normalized spacial score (nSPS) is 14.1. The Kier molecular flexibility index (Phi) is 13.6. The molecule has 428 valence electrons. The molecule has 0 atom stereocenters. The topological polar surface area (TPSA) is 33.5 Å². The van der Waals surface area contributed by atoms with E-state index in [9.17, 15) is 2.74 Å². The van der Waals surface area contributed by atoms with E-state index in [1.54, 1.807) is 0 Å². The maximum absolute atomic E-state index is 9.73. The van der Waals surface area contributed by atoms with Crippen LogP contribution in [0.25, 0.3) is 61.0 Å². The minimum absolute atomic E-state index is 0. The van der Waals surface area contributed by atoms with E-state index in [2.05, 4.69) is 287 Å². The summed E-state index contributed by atoms with van der Waals surface area (Å²) in [4.78, 5) is 9.54. The fourth-order valence-electron chi connectivity index (χ4n) is 13.0. The molecule has 86 heavy (non-hydrogen) atoms. The predicted octanol–water partition coefficient (Wildman–Crippen LogP) is 20.9. The molecule has 2 aliphatic rings. The van der Waals surface area contributed by atoms with Crippen molar-refractivity contribution < 1.29 is 28.5 Å².